The highest BCUT2D eigenvalue weighted by molar-refractivity contribution is 6.18. The Hall–Kier alpha value is -2.27. The van der Waals surface area contributed by atoms with Crippen molar-refractivity contribution in [1.82, 2.24) is 9.88 Å². The number of carboxylic acids is 1. The van der Waals surface area contributed by atoms with Crippen LogP contribution < -0.4 is 0 Å². The second-order valence-electron chi connectivity index (χ2n) is 5.50. The van der Waals surface area contributed by atoms with Gasteiger partial charge in [0.2, 0.25) is 5.91 Å². The Bertz CT molecular complexity index is 794. The molecule has 120 valence electrons. The number of carboxylic acid groups (broad SMARTS) is 1. The van der Waals surface area contributed by atoms with Crippen LogP contribution in [0.25, 0.3) is 16.5 Å². The van der Waals surface area contributed by atoms with Crippen LogP contribution in [0.3, 0.4) is 0 Å². The van der Waals surface area contributed by atoms with Gasteiger partial charge in [0.05, 0.1) is 11.3 Å². The summed E-state index contributed by atoms with van der Waals surface area (Å²) in [6.45, 7) is 0.465. The predicted molar refractivity (Wildman–Crippen MR) is 89.3 cm³/mol. The van der Waals surface area contributed by atoms with Crippen LogP contribution >= 0.6 is 11.6 Å². The van der Waals surface area contributed by atoms with Gasteiger partial charge in [0.15, 0.2) is 0 Å². The first-order valence-corrected chi connectivity index (χ1v) is 8.05. The monoisotopic (exact) mass is 332 g/mol. The first kappa shape index (κ1) is 15.6. The van der Waals surface area contributed by atoms with Crippen molar-refractivity contribution in [2.45, 2.75) is 19.3 Å². The number of nitrogens with zero attached hydrogens (tertiary/aromatic N) is 1. The van der Waals surface area contributed by atoms with Crippen LogP contribution in [-0.4, -0.2) is 39.3 Å². The van der Waals surface area contributed by atoms with Gasteiger partial charge in [-0.1, -0.05) is 18.2 Å². The molecule has 0 aliphatic carbocycles. The van der Waals surface area contributed by atoms with Crippen molar-refractivity contribution >= 4 is 40.0 Å². The quantitative estimate of drug-likeness (QED) is 0.845. The Morgan fingerprint density at radius 3 is 2.83 bits per heavy atom. The van der Waals surface area contributed by atoms with E-state index in [1.807, 2.05) is 24.3 Å². The third-order valence-corrected chi connectivity index (χ3v) is 4.31. The first-order chi connectivity index (χ1) is 11.1. The van der Waals surface area contributed by atoms with Crippen LogP contribution in [0.4, 0.5) is 0 Å². The summed E-state index contributed by atoms with van der Waals surface area (Å²) in [6, 6.07) is 7.72. The minimum absolute atomic E-state index is 0.0983. The summed E-state index contributed by atoms with van der Waals surface area (Å²) in [5, 5.41) is 10.6. The zero-order valence-corrected chi connectivity index (χ0v) is 13.3. The lowest BCUT2D eigenvalue weighted by Gasteiger charge is -2.17. The largest absolute Gasteiger partial charge is 0.478 e. The molecule has 0 saturated heterocycles. The van der Waals surface area contributed by atoms with Gasteiger partial charge in [-0.05, 0) is 24.5 Å². The topological polar surface area (TPSA) is 73.4 Å². The summed E-state index contributed by atoms with van der Waals surface area (Å²) < 4.78 is 0. The van der Waals surface area contributed by atoms with Crippen molar-refractivity contribution in [2.75, 3.05) is 12.4 Å². The second kappa shape index (κ2) is 6.46. The number of amides is 1. The highest BCUT2D eigenvalue weighted by Gasteiger charge is 2.25. The number of aliphatic carboxylic acids is 1. The molecule has 2 aromatic rings. The van der Waals surface area contributed by atoms with E-state index in [4.69, 9.17) is 11.6 Å². The van der Waals surface area contributed by atoms with Gasteiger partial charge in [0.1, 0.15) is 0 Å². The summed E-state index contributed by atoms with van der Waals surface area (Å²) in [5.74, 6) is -0.729. The molecule has 0 radical (unpaired) electrons. The maximum Gasteiger partial charge on any atom is 0.339 e. The number of rotatable bonds is 4. The van der Waals surface area contributed by atoms with E-state index in [1.54, 1.807) is 0 Å². The number of carbonyl (C=O) groups excluding carboxylic acids is 1. The van der Waals surface area contributed by atoms with Crippen molar-refractivity contribution in [3.63, 3.8) is 0 Å². The van der Waals surface area contributed by atoms with E-state index in [0.717, 1.165) is 16.5 Å². The number of hydrogen-bond donors (Lipinski definition) is 2. The van der Waals surface area contributed by atoms with Crippen molar-refractivity contribution in [3.05, 3.63) is 41.7 Å². The number of para-hydroxylation sites is 1. The molecular formula is C17H17ClN2O3. The lowest BCUT2D eigenvalue weighted by Crippen LogP contribution is -2.27. The number of halogens is 1. The fraction of sp³-hybridized carbons (Fsp3) is 0.294. The van der Waals surface area contributed by atoms with Gasteiger partial charge in [-0.25, -0.2) is 4.79 Å². The number of alkyl halides is 1. The summed E-state index contributed by atoms with van der Waals surface area (Å²) in [4.78, 5) is 28.6. The lowest BCUT2D eigenvalue weighted by molar-refractivity contribution is -0.130. The Morgan fingerprint density at radius 1 is 1.30 bits per heavy atom. The van der Waals surface area contributed by atoms with Gasteiger partial charge in [-0.3, -0.25) is 4.79 Å². The molecule has 0 atom stereocenters. The zero-order chi connectivity index (χ0) is 16.4. The van der Waals surface area contributed by atoms with Crippen LogP contribution in [0.5, 0.6) is 0 Å². The molecule has 6 heteroatoms. The van der Waals surface area contributed by atoms with Crippen molar-refractivity contribution < 1.29 is 14.7 Å². The van der Waals surface area contributed by atoms with Gasteiger partial charge in [-0.15, -0.1) is 11.6 Å². The van der Waals surface area contributed by atoms with Crippen molar-refractivity contribution in [3.8, 4) is 0 Å². The Labute approximate surface area is 138 Å². The Morgan fingerprint density at radius 2 is 2.09 bits per heavy atom. The molecule has 0 spiro atoms. The number of hydrogen-bond acceptors (Lipinski definition) is 2. The van der Waals surface area contributed by atoms with Crippen LogP contribution in [0.2, 0.25) is 0 Å². The summed E-state index contributed by atoms with van der Waals surface area (Å²) in [5.41, 5.74) is 2.56. The van der Waals surface area contributed by atoms with Gasteiger partial charge in [0.25, 0.3) is 0 Å². The molecule has 2 heterocycles. The van der Waals surface area contributed by atoms with E-state index in [2.05, 4.69) is 4.98 Å². The highest BCUT2D eigenvalue weighted by atomic mass is 35.5. The number of aromatic nitrogens is 1. The molecule has 0 saturated carbocycles. The summed E-state index contributed by atoms with van der Waals surface area (Å²) in [7, 11) is 0. The number of H-pyrrole nitrogens is 1. The molecule has 0 fully saturated rings. The number of fused-ring (bicyclic) bond motifs is 3. The third kappa shape index (κ3) is 2.97. The van der Waals surface area contributed by atoms with Gasteiger partial charge in [0, 0.05) is 35.9 Å². The number of aromatic amines is 1. The molecule has 3 rings (SSSR count). The number of carbonyl (C=O) groups is 2. The Balaban J connectivity index is 2.03. The van der Waals surface area contributed by atoms with Gasteiger partial charge in [-0.2, -0.15) is 0 Å². The lowest BCUT2D eigenvalue weighted by atomic mass is 10.0. The average molecular weight is 333 g/mol. The molecule has 0 unspecified atom stereocenters. The smallest absolute Gasteiger partial charge is 0.339 e. The molecule has 5 nitrogen and oxygen atoms in total. The Kier molecular flexibility index (Phi) is 4.39. The molecule has 1 aromatic carbocycles. The molecule has 0 bridgehead atoms. The summed E-state index contributed by atoms with van der Waals surface area (Å²) >= 11 is 5.63. The van der Waals surface area contributed by atoms with E-state index >= 15 is 0 Å². The van der Waals surface area contributed by atoms with E-state index < -0.39 is 5.97 Å². The maximum absolute atomic E-state index is 12.2. The molecule has 23 heavy (non-hydrogen) atoms. The minimum Gasteiger partial charge on any atom is -0.478 e. The second-order valence-corrected chi connectivity index (χ2v) is 5.88. The highest BCUT2D eigenvalue weighted by Crippen LogP contribution is 2.30. The fourth-order valence-corrected chi connectivity index (χ4v) is 3.06. The molecule has 1 aromatic heterocycles. The van der Waals surface area contributed by atoms with E-state index in [0.29, 0.717) is 37.4 Å². The predicted octanol–water partition coefficient (Wildman–Crippen LogP) is 3.00. The summed E-state index contributed by atoms with van der Waals surface area (Å²) in [6.07, 6.45) is 2.96. The molecule has 2 N–H and O–H groups in total. The van der Waals surface area contributed by atoms with Crippen LogP contribution in [-0.2, 0) is 16.0 Å². The molecule has 1 aliphatic rings. The normalized spacial score (nSPS) is 14.3. The number of nitrogens with one attached hydrogen (secondary N) is 1. The minimum atomic E-state index is -1.05. The van der Waals surface area contributed by atoms with E-state index in [1.165, 1.54) is 11.1 Å². The first-order valence-electron chi connectivity index (χ1n) is 7.52. The fourth-order valence-electron chi connectivity index (χ4n) is 2.93. The van der Waals surface area contributed by atoms with Crippen LogP contribution in [0.15, 0.2) is 30.5 Å². The molecular weight excluding hydrogens is 316 g/mol. The molecule has 1 aliphatic heterocycles. The SMILES string of the molecule is O=C(O)C1=CN(C(=O)CCCCl)CCc2c1[nH]c1ccccc21. The van der Waals surface area contributed by atoms with E-state index in [-0.39, 0.29) is 11.5 Å². The number of benzene rings is 1. The van der Waals surface area contributed by atoms with Crippen LogP contribution in [0, 0.1) is 0 Å². The standard InChI is InChI=1S/C17H17ClN2O3/c18-8-3-6-15(21)20-9-7-12-11-4-1-2-5-14(11)19-16(12)13(10-20)17(22)23/h1-2,4-5,10,19H,3,6-9H2,(H,22,23). The molecule has 1 amide bonds. The average Bonchev–Trinajstić information content (AvgIpc) is 2.79. The maximum atomic E-state index is 12.2. The van der Waals surface area contributed by atoms with E-state index in [9.17, 15) is 14.7 Å². The van der Waals surface area contributed by atoms with Crippen molar-refractivity contribution in [2.24, 2.45) is 0 Å². The zero-order valence-electron chi connectivity index (χ0n) is 12.5. The van der Waals surface area contributed by atoms with Gasteiger partial charge < -0.3 is 15.0 Å². The van der Waals surface area contributed by atoms with Crippen molar-refractivity contribution in [1.29, 1.82) is 0 Å². The van der Waals surface area contributed by atoms with Crippen LogP contribution in [0.1, 0.15) is 24.1 Å². The van der Waals surface area contributed by atoms with Gasteiger partial charge >= 0.3 is 5.97 Å². The third-order valence-electron chi connectivity index (χ3n) is 4.05.